The quantitative estimate of drug-likeness (QED) is 0.915. The molecule has 0 bridgehead atoms. The summed E-state index contributed by atoms with van der Waals surface area (Å²) in [7, 11) is 0. The fourth-order valence-corrected chi connectivity index (χ4v) is 1.97. The first kappa shape index (κ1) is 12.8. The lowest BCUT2D eigenvalue weighted by molar-refractivity contribution is -0.117. The molecule has 4 heteroatoms. The summed E-state index contributed by atoms with van der Waals surface area (Å²) in [6, 6.07) is 16.0. The molecule has 92 valence electrons. The van der Waals surface area contributed by atoms with E-state index in [9.17, 15) is 4.79 Å². The molecule has 1 atom stereocenters. The van der Waals surface area contributed by atoms with E-state index in [1.807, 2.05) is 54.6 Å². The normalized spacial score (nSPS) is 11.9. The van der Waals surface area contributed by atoms with Crippen molar-refractivity contribution in [2.45, 2.75) is 6.04 Å². The first-order valence-corrected chi connectivity index (χ1v) is 6.33. The van der Waals surface area contributed by atoms with Crippen LogP contribution < -0.4 is 11.1 Å². The average Bonchev–Trinajstić information content (AvgIpc) is 2.41. The van der Waals surface area contributed by atoms with Crippen LogP contribution in [0.5, 0.6) is 0 Å². The first-order chi connectivity index (χ1) is 8.68. The number of halogens is 1. The summed E-state index contributed by atoms with van der Waals surface area (Å²) in [5, 5.41) is 2.80. The fourth-order valence-electron chi connectivity index (χ4n) is 1.58. The van der Waals surface area contributed by atoms with E-state index in [0.29, 0.717) is 5.69 Å². The third-order valence-electron chi connectivity index (χ3n) is 2.57. The Morgan fingerprint density at radius 2 is 1.67 bits per heavy atom. The van der Waals surface area contributed by atoms with E-state index < -0.39 is 6.04 Å². The molecule has 0 saturated carbocycles. The second-order valence-electron chi connectivity index (χ2n) is 3.86. The smallest absolute Gasteiger partial charge is 0.245 e. The molecule has 2 aromatic carbocycles. The number of anilines is 1. The molecule has 0 radical (unpaired) electrons. The van der Waals surface area contributed by atoms with E-state index in [-0.39, 0.29) is 5.91 Å². The third-order valence-corrected chi connectivity index (χ3v) is 3.26. The van der Waals surface area contributed by atoms with Crippen molar-refractivity contribution in [3.63, 3.8) is 0 Å². The maximum atomic E-state index is 12.0. The first-order valence-electron chi connectivity index (χ1n) is 5.54. The number of amides is 1. The number of benzene rings is 2. The fraction of sp³-hybridized carbons (Fsp3) is 0.0714. The van der Waals surface area contributed by atoms with Gasteiger partial charge in [0.1, 0.15) is 6.04 Å². The summed E-state index contributed by atoms with van der Waals surface area (Å²) in [5.74, 6) is -0.229. The van der Waals surface area contributed by atoms with Crippen molar-refractivity contribution in [2.75, 3.05) is 5.32 Å². The molecule has 3 N–H and O–H groups in total. The van der Waals surface area contributed by atoms with Gasteiger partial charge in [-0.2, -0.15) is 0 Å². The molecule has 0 unspecified atom stereocenters. The highest BCUT2D eigenvalue weighted by Gasteiger charge is 2.16. The van der Waals surface area contributed by atoms with Gasteiger partial charge in [-0.3, -0.25) is 4.79 Å². The average molecular weight is 305 g/mol. The lowest BCUT2D eigenvalue weighted by Gasteiger charge is -2.13. The number of carbonyl (C=O) groups excluding carboxylic acids is 1. The predicted molar refractivity (Wildman–Crippen MR) is 76.1 cm³/mol. The Kier molecular flexibility index (Phi) is 4.12. The predicted octanol–water partition coefficient (Wildman–Crippen LogP) is 3.09. The van der Waals surface area contributed by atoms with Crippen LogP contribution in [-0.4, -0.2) is 5.91 Å². The maximum absolute atomic E-state index is 12.0. The number of nitrogens with two attached hydrogens (primary N) is 1. The van der Waals surface area contributed by atoms with Crippen molar-refractivity contribution in [1.82, 2.24) is 0 Å². The van der Waals surface area contributed by atoms with Crippen LogP contribution in [0, 0.1) is 0 Å². The van der Waals surface area contributed by atoms with E-state index in [1.54, 1.807) is 0 Å². The summed E-state index contributed by atoms with van der Waals surface area (Å²) < 4.78 is 0.832. The largest absolute Gasteiger partial charge is 0.323 e. The lowest BCUT2D eigenvalue weighted by atomic mass is 10.1. The van der Waals surface area contributed by atoms with Crippen molar-refractivity contribution in [2.24, 2.45) is 5.73 Å². The van der Waals surface area contributed by atoms with Crippen LogP contribution in [0.15, 0.2) is 59.1 Å². The highest BCUT2D eigenvalue weighted by atomic mass is 79.9. The highest BCUT2D eigenvalue weighted by molar-refractivity contribution is 9.10. The van der Waals surface area contributed by atoms with Gasteiger partial charge in [-0.1, -0.05) is 42.5 Å². The minimum atomic E-state index is -0.668. The van der Waals surface area contributed by atoms with Crippen LogP contribution in [0.1, 0.15) is 11.6 Å². The number of para-hydroxylation sites is 1. The molecule has 0 aliphatic carbocycles. The molecular weight excluding hydrogens is 292 g/mol. The molecule has 18 heavy (non-hydrogen) atoms. The summed E-state index contributed by atoms with van der Waals surface area (Å²) in [4.78, 5) is 12.0. The van der Waals surface area contributed by atoms with Crippen molar-refractivity contribution in [3.8, 4) is 0 Å². The van der Waals surface area contributed by atoms with Gasteiger partial charge in [0.15, 0.2) is 0 Å². The second kappa shape index (κ2) is 5.80. The highest BCUT2D eigenvalue weighted by Crippen LogP contribution is 2.22. The molecule has 2 aromatic rings. The van der Waals surface area contributed by atoms with Crippen LogP contribution >= 0.6 is 15.9 Å². The lowest BCUT2D eigenvalue weighted by Crippen LogP contribution is -2.27. The van der Waals surface area contributed by atoms with Crippen LogP contribution in [-0.2, 0) is 4.79 Å². The molecule has 0 aromatic heterocycles. The third kappa shape index (κ3) is 2.97. The summed E-state index contributed by atoms with van der Waals surface area (Å²) >= 11 is 3.37. The van der Waals surface area contributed by atoms with E-state index in [2.05, 4.69) is 21.2 Å². The molecule has 0 aliphatic heterocycles. The number of carbonyl (C=O) groups is 1. The van der Waals surface area contributed by atoms with Crippen molar-refractivity contribution in [1.29, 1.82) is 0 Å². The summed E-state index contributed by atoms with van der Waals surface area (Å²) in [6.07, 6.45) is 0. The SMILES string of the molecule is N[C@H](C(=O)Nc1ccccc1Br)c1ccccc1. The topological polar surface area (TPSA) is 55.1 Å². The van der Waals surface area contributed by atoms with Gasteiger partial charge in [0.05, 0.1) is 5.69 Å². The van der Waals surface area contributed by atoms with Gasteiger partial charge in [-0.15, -0.1) is 0 Å². The minimum absolute atomic E-state index is 0.229. The van der Waals surface area contributed by atoms with Gasteiger partial charge >= 0.3 is 0 Å². The van der Waals surface area contributed by atoms with Crippen LogP contribution in [0.3, 0.4) is 0 Å². The Labute approximate surface area is 114 Å². The minimum Gasteiger partial charge on any atom is -0.323 e. The van der Waals surface area contributed by atoms with Crippen molar-refractivity contribution >= 4 is 27.5 Å². The number of hydrogen-bond acceptors (Lipinski definition) is 2. The Morgan fingerprint density at radius 3 is 2.33 bits per heavy atom. The molecule has 0 saturated heterocycles. The molecule has 3 nitrogen and oxygen atoms in total. The molecule has 0 aliphatic rings. The molecule has 0 heterocycles. The molecule has 0 fully saturated rings. The van der Waals surface area contributed by atoms with Gasteiger partial charge in [0.2, 0.25) is 5.91 Å². The van der Waals surface area contributed by atoms with Gasteiger partial charge in [0.25, 0.3) is 0 Å². The zero-order valence-corrected chi connectivity index (χ0v) is 11.2. The molecule has 2 rings (SSSR count). The number of hydrogen-bond donors (Lipinski definition) is 2. The molecule has 1 amide bonds. The monoisotopic (exact) mass is 304 g/mol. The Hall–Kier alpha value is -1.65. The van der Waals surface area contributed by atoms with E-state index in [1.165, 1.54) is 0 Å². The van der Waals surface area contributed by atoms with E-state index in [0.717, 1.165) is 10.0 Å². The van der Waals surface area contributed by atoms with Crippen LogP contribution in [0.2, 0.25) is 0 Å². The number of nitrogens with one attached hydrogen (secondary N) is 1. The van der Waals surface area contributed by atoms with Crippen molar-refractivity contribution in [3.05, 3.63) is 64.6 Å². The number of rotatable bonds is 3. The Morgan fingerprint density at radius 1 is 1.06 bits per heavy atom. The van der Waals surface area contributed by atoms with Crippen LogP contribution in [0.4, 0.5) is 5.69 Å². The summed E-state index contributed by atoms with van der Waals surface area (Å²) in [6.45, 7) is 0. The van der Waals surface area contributed by atoms with Gasteiger partial charge in [-0.25, -0.2) is 0 Å². The summed E-state index contributed by atoms with van der Waals surface area (Å²) in [5.41, 5.74) is 7.42. The standard InChI is InChI=1S/C14H13BrN2O/c15-11-8-4-5-9-12(11)17-14(18)13(16)10-6-2-1-3-7-10/h1-9,13H,16H2,(H,17,18)/t13-/m0/s1. The maximum Gasteiger partial charge on any atom is 0.245 e. The zero-order chi connectivity index (χ0) is 13.0. The second-order valence-corrected chi connectivity index (χ2v) is 4.71. The van der Waals surface area contributed by atoms with E-state index >= 15 is 0 Å². The molecular formula is C14H13BrN2O. The van der Waals surface area contributed by atoms with Gasteiger partial charge in [0, 0.05) is 4.47 Å². The Bertz CT molecular complexity index is 543. The Balaban J connectivity index is 2.12. The van der Waals surface area contributed by atoms with Gasteiger partial charge < -0.3 is 11.1 Å². The van der Waals surface area contributed by atoms with E-state index in [4.69, 9.17) is 5.73 Å². The molecule has 0 spiro atoms. The van der Waals surface area contributed by atoms with Gasteiger partial charge in [-0.05, 0) is 33.6 Å². The zero-order valence-electron chi connectivity index (χ0n) is 9.64. The van der Waals surface area contributed by atoms with Crippen molar-refractivity contribution < 1.29 is 4.79 Å². The van der Waals surface area contributed by atoms with Crippen LogP contribution in [0.25, 0.3) is 0 Å².